The molecule has 19 heavy (non-hydrogen) atoms. The summed E-state index contributed by atoms with van der Waals surface area (Å²) < 4.78 is 49.0. The number of alkyl halides is 3. The maximum atomic E-state index is 13.3. The first kappa shape index (κ1) is 15.0. The molecule has 7 heteroatoms. The zero-order valence-electron chi connectivity index (χ0n) is 9.85. The van der Waals surface area contributed by atoms with Crippen molar-refractivity contribution in [3.8, 4) is 0 Å². The van der Waals surface area contributed by atoms with Gasteiger partial charge in [-0.2, -0.15) is 13.2 Å². The number of carbonyl (C=O) groups excluding carboxylic acids is 1. The standard InChI is InChI=1S/C12H12F4N2O/c1-2-7-4-10(17)9(13)3-8(7)5-11(19)18-6-12(14,15)16/h2-4H,1,5-6,17H2,(H,18,19). The monoisotopic (exact) mass is 276 g/mol. The molecule has 0 radical (unpaired) electrons. The first-order valence-electron chi connectivity index (χ1n) is 5.26. The highest BCUT2D eigenvalue weighted by atomic mass is 19.4. The van der Waals surface area contributed by atoms with Gasteiger partial charge in [0.1, 0.15) is 12.4 Å². The minimum absolute atomic E-state index is 0.116. The van der Waals surface area contributed by atoms with E-state index in [4.69, 9.17) is 5.73 Å². The largest absolute Gasteiger partial charge is 0.405 e. The Morgan fingerprint density at radius 1 is 1.42 bits per heavy atom. The van der Waals surface area contributed by atoms with E-state index < -0.39 is 24.4 Å². The molecule has 0 aliphatic carbocycles. The van der Waals surface area contributed by atoms with Gasteiger partial charge >= 0.3 is 6.18 Å². The molecule has 0 atom stereocenters. The van der Waals surface area contributed by atoms with Crippen molar-refractivity contribution < 1.29 is 22.4 Å². The second kappa shape index (κ2) is 5.73. The van der Waals surface area contributed by atoms with Gasteiger partial charge in [0.25, 0.3) is 0 Å². The van der Waals surface area contributed by atoms with Crippen molar-refractivity contribution >= 4 is 17.7 Å². The van der Waals surface area contributed by atoms with Crippen LogP contribution in [-0.2, 0) is 11.2 Å². The van der Waals surface area contributed by atoms with Gasteiger partial charge in [-0.1, -0.05) is 12.7 Å². The summed E-state index contributed by atoms with van der Waals surface area (Å²) in [5.74, 6) is -1.59. The Bertz CT molecular complexity index is 497. The fraction of sp³-hybridized carbons (Fsp3) is 0.250. The Labute approximate surface area is 107 Å². The van der Waals surface area contributed by atoms with Crippen molar-refractivity contribution in [2.45, 2.75) is 12.6 Å². The van der Waals surface area contributed by atoms with Crippen molar-refractivity contribution in [2.24, 2.45) is 0 Å². The van der Waals surface area contributed by atoms with E-state index in [1.54, 1.807) is 5.32 Å². The van der Waals surface area contributed by atoms with Gasteiger partial charge in [0, 0.05) is 0 Å². The lowest BCUT2D eigenvalue weighted by Gasteiger charge is -2.10. The number of hydrogen-bond donors (Lipinski definition) is 2. The molecule has 0 bridgehead atoms. The van der Waals surface area contributed by atoms with E-state index in [0.717, 1.165) is 6.07 Å². The van der Waals surface area contributed by atoms with Gasteiger partial charge in [-0.15, -0.1) is 0 Å². The fourth-order valence-corrected chi connectivity index (χ4v) is 1.43. The number of carbonyl (C=O) groups is 1. The minimum atomic E-state index is -4.48. The molecule has 0 fully saturated rings. The molecule has 1 aromatic carbocycles. The number of hydrogen-bond acceptors (Lipinski definition) is 2. The van der Waals surface area contributed by atoms with E-state index in [2.05, 4.69) is 6.58 Å². The van der Waals surface area contributed by atoms with E-state index in [-0.39, 0.29) is 17.7 Å². The zero-order chi connectivity index (χ0) is 14.6. The van der Waals surface area contributed by atoms with Crippen LogP contribution in [0.1, 0.15) is 11.1 Å². The van der Waals surface area contributed by atoms with Gasteiger partial charge in [-0.3, -0.25) is 4.79 Å². The number of nitrogens with two attached hydrogens (primary N) is 1. The molecule has 3 nitrogen and oxygen atoms in total. The van der Waals surface area contributed by atoms with Gasteiger partial charge in [0.2, 0.25) is 5.91 Å². The van der Waals surface area contributed by atoms with Gasteiger partial charge < -0.3 is 11.1 Å². The number of halogens is 4. The number of nitrogen functional groups attached to an aromatic ring is 1. The lowest BCUT2D eigenvalue weighted by molar-refractivity contribution is -0.138. The number of nitrogens with one attached hydrogen (secondary N) is 1. The molecule has 1 rings (SSSR count). The van der Waals surface area contributed by atoms with Crippen molar-refractivity contribution in [1.82, 2.24) is 5.32 Å². The molecule has 3 N–H and O–H groups in total. The lowest BCUT2D eigenvalue weighted by Crippen LogP contribution is -2.34. The fourth-order valence-electron chi connectivity index (χ4n) is 1.43. The maximum Gasteiger partial charge on any atom is 0.405 e. The normalized spacial score (nSPS) is 11.2. The highest BCUT2D eigenvalue weighted by Crippen LogP contribution is 2.19. The Morgan fingerprint density at radius 3 is 2.58 bits per heavy atom. The van der Waals surface area contributed by atoms with Crippen molar-refractivity contribution in [3.63, 3.8) is 0 Å². The second-order valence-corrected chi connectivity index (χ2v) is 3.85. The topological polar surface area (TPSA) is 55.1 Å². The summed E-state index contributed by atoms with van der Waals surface area (Å²) >= 11 is 0. The second-order valence-electron chi connectivity index (χ2n) is 3.85. The molecule has 0 spiro atoms. The van der Waals surface area contributed by atoms with Gasteiger partial charge in [-0.25, -0.2) is 4.39 Å². The summed E-state index contributed by atoms with van der Waals surface area (Å²) in [6.45, 7) is 2.04. The molecular formula is C12H12F4N2O. The minimum Gasteiger partial charge on any atom is -0.396 e. The van der Waals surface area contributed by atoms with Crippen LogP contribution in [0.5, 0.6) is 0 Å². The molecule has 0 saturated heterocycles. The summed E-state index contributed by atoms with van der Waals surface area (Å²) in [5, 5.41) is 1.70. The molecule has 104 valence electrons. The third-order valence-electron chi connectivity index (χ3n) is 2.32. The van der Waals surface area contributed by atoms with Crippen molar-refractivity contribution in [2.75, 3.05) is 12.3 Å². The summed E-state index contributed by atoms with van der Waals surface area (Å²) in [4.78, 5) is 11.3. The highest BCUT2D eigenvalue weighted by Gasteiger charge is 2.27. The van der Waals surface area contributed by atoms with Crippen LogP contribution in [0.15, 0.2) is 18.7 Å². The van der Waals surface area contributed by atoms with Gasteiger partial charge in [0.05, 0.1) is 12.1 Å². The quantitative estimate of drug-likeness (QED) is 0.654. The molecule has 0 saturated carbocycles. The Hall–Kier alpha value is -2.05. The number of rotatable bonds is 4. The van der Waals surface area contributed by atoms with E-state index in [9.17, 15) is 22.4 Å². The van der Waals surface area contributed by atoms with Gasteiger partial charge in [-0.05, 0) is 23.3 Å². The van der Waals surface area contributed by atoms with Crippen molar-refractivity contribution in [3.05, 3.63) is 35.7 Å². The van der Waals surface area contributed by atoms with Crippen LogP contribution in [0.4, 0.5) is 23.2 Å². The Morgan fingerprint density at radius 2 is 2.05 bits per heavy atom. The Balaban J connectivity index is 2.79. The van der Waals surface area contributed by atoms with Gasteiger partial charge in [0.15, 0.2) is 0 Å². The molecule has 1 aromatic rings. The summed E-state index contributed by atoms with van der Waals surface area (Å²) in [7, 11) is 0. The summed E-state index contributed by atoms with van der Waals surface area (Å²) in [6.07, 6.45) is -3.51. The van der Waals surface area contributed by atoms with Crippen LogP contribution >= 0.6 is 0 Å². The van der Waals surface area contributed by atoms with E-state index >= 15 is 0 Å². The van der Waals surface area contributed by atoms with Crippen LogP contribution in [-0.4, -0.2) is 18.6 Å². The van der Waals surface area contributed by atoms with Crippen LogP contribution in [0.3, 0.4) is 0 Å². The summed E-state index contributed by atoms with van der Waals surface area (Å²) in [6, 6.07) is 2.29. The average molecular weight is 276 g/mol. The third kappa shape index (κ3) is 4.61. The molecule has 0 aliphatic rings. The predicted molar refractivity (Wildman–Crippen MR) is 63.7 cm³/mol. The van der Waals surface area contributed by atoms with Crippen LogP contribution in [0.25, 0.3) is 6.08 Å². The first-order chi connectivity index (χ1) is 8.73. The SMILES string of the molecule is C=Cc1cc(N)c(F)cc1CC(=O)NCC(F)(F)F. The molecule has 0 aromatic heterocycles. The number of benzene rings is 1. The smallest absolute Gasteiger partial charge is 0.396 e. The molecule has 0 aliphatic heterocycles. The maximum absolute atomic E-state index is 13.3. The van der Waals surface area contributed by atoms with Crippen LogP contribution < -0.4 is 11.1 Å². The van der Waals surface area contributed by atoms with Crippen LogP contribution in [0, 0.1) is 5.82 Å². The molecular weight excluding hydrogens is 264 g/mol. The van der Waals surface area contributed by atoms with E-state index in [0.29, 0.717) is 5.56 Å². The predicted octanol–water partition coefficient (Wildman–Crippen LogP) is 2.27. The third-order valence-corrected chi connectivity index (χ3v) is 2.32. The Kier molecular flexibility index (Phi) is 4.52. The average Bonchev–Trinajstić information content (AvgIpc) is 2.30. The molecule has 0 unspecified atom stereocenters. The molecule has 0 heterocycles. The lowest BCUT2D eigenvalue weighted by atomic mass is 10.0. The zero-order valence-corrected chi connectivity index (χ0v) is 9.85. The van der Waals surface area contributed by atoms with Crippen molar-refractivity contribution in [1.29, 1.82) is 0 Å². The van der Waals surface area contributed by atoms with E-state index in [1.807, 2.05) is 0 Å². The first-order valence-corrected chi connectivity index (χ1v) is 5.26. The highest BCUT2D eigenvalue weighted by molar-refractivity contribution is 5.80. The number of anilines is 1. The summed E-state index contributed by atoms with van der Waals surface area (Å²) in [5.41, 5.74) is 5.85. The number of amides is 1. The van der Waals surface area contributed by atoms with Crippen LogP contribution in [0.2, 0.25) is 0 Å². The van der Waals surface area contributed by atoms with E-state index in [1.165, 1.54) is 12.1 Å². The molecule has 1 amide bonds.